The van der Waals surface area contributed by atoms with Crippen molar-refractivity contribution < 1.29 is 22.8 Å². The Hall–Kier alpha value is -5.31. The summed E-state index contributed by atoms with van der Waals surface area (Å²) in [6, 6.07) is 20.5. The Bertz CT molecular complexity index is 1890. The summed E-state index contributed by atoms with van der Waals surface area (Å²) in [6.07, 6.45) is 1.64. The largest absolute Gasteiger partial charge is 0.455 e. The van der Waals surface area contributed by atoms with Crippen LogP contribution in [0.25, 0.3) is 56.1 Å². The summed E-state index contributed by atoms with van der Waals surface area (Å²) in [5.74, 6) is -0.228. The Morgan fingerprint density at radius 3 is 2.42 bits per heavy atom. The molecule has 8 nitrogen and oxygen atoms in total. The first-order chi connectivity index (χ1) is 19.3. The number of carbonyl (C=O) groups excluding carboxylic acids is 2. The van der Waals surface area contributed by atoms with Crippen molar-refractivity contribution in [3.63, 3.8) is 0 Å². The van der Waals surface area contributed by atoms with Crippen LogP contribution in [0.5, 0.6) is 0 Å². The number of furan rings is 1. The van der Waals surface area contributed by atoms with E-state index in [0.717, 1.165) is 11.1 Å². The minimum absolute atomic E-state index is 0.182. The summed E-state index contributed by atoms with van der Waals surface area (Å²) in [6.45, 7) is 1.47. The van der Waals surface area contributed by atoms with Crippen molar-refractivity contribution >= 4 is 39.7 Å². The van der Waals surface area contributed by atoms with Crippen molar-refractivity contribution in [1.82, 2.24) is 15.3 Å². The van der Waals surface area contributed by atoms with Crippen LogP contribution in [0, 0.1) is 5.82 Å². The topological polar surface area (TPSA) is 101 Å². The molecule has 0 unspecified atom stereocenters. The summed E-state index contributed by atoms with van der Waals surface area (Å²) < 4.78 is 25.7. The quantitative estimate of drug-likeness (QED) is 0.273. The van der Waals surface area contributed by atoms with E-state index in [-0.39, 0.29) is 11.8 Å². The molecule has 1 N–H and O–H groups in total. The second-order valence-corrected chi connectivity index (χ2v) is 9.26. The number of halogens is 1. The molecule has 0 fully saturated rings. The van der Waals surface area contributed by atoms with Gasteiger partial charge in [0.2, 0.25) is 17.5 Å². The molecule has 0 radical (unpaired) electrons. The molecule has 0 saturated heterocycles. The molecule has 6 rings (SSSR count). The van der Waals surface area contributed by atoms with Gasteiger partial charge in [0.1, 0.15) is 22.7 Å². The van der Waals surface area contributed by atoms with Crippen molar-refractivity contribution in [2.24, 2.45) is 0 Å². The van der Waals surface area contributed by atoms with Crippen LogP contribution in [-0.2, 0) is 4.79 Å². The van der Waals surface area contributed by atoms with Gasteiger partial charge >= 0.3 is 0 Å². The highest BCUT2D eigenvalue weighted by Gasteiger charge is 2.25. The third kappa shape index (κ3) is 4.27. The molecular formula is C31H23FN4O4. The van der Waals surface area contributed by atoms with Crippen LogP contribution in [0.15, 0.2) is 87.8 Å². The molecule has 0 aliphatic carbocycles. The first-order valence-electron chi connectivity index (χ1n) is 12.5. The SMILES string of the molecule is CNC(=O)c1c(-c2ccc(F)cc2)oc2cc(N(C)C(C)=O)c(-c3cccc(-c4nc5cccnc5o4)c3)cc12. The standard InChI is InChI=1S/C31H23FN4O4/c1-17(37)36(3)25-16-26-23(27(29(38)33-2)28(39-26)18-9-11-21(32)12-10-18)15-22(25)19-6-4-7-20(14-19)30-35-24-8-5-13-34-31(24)40-30/h4-16H,1-3H3,(H,33,38). The van der Waals surface area contributed by atoms with Crippen LogP contribution in [0.4, 0.5) is 10.1 Å². The lowest BCUT2D eigenvalue weighted by Crippen LogP contribution is -2.23. The molecule has 0 atom stereocenters. The van der Waals surface area contributed by atoms with Gasteiger partial charge in [-0.1, -0.05) is 12.1 Å². The highest BCUT2D eigenvalue weighted by Crippen LogP contribution is 2.41. The molecule has 3 aromatic heterocycles. The smallest absolute Gasteiger partial charge is 0.255 e. The summed E-state index contributed by atoms with van der Waals surface area (Å²) in [7, 11) is 3.21. The summed E-state index contributed by atoms with van der Waals surface area (Å²) >= 11 is 0. The zero-order chi connectivity index (χ0) is 28.0. The van der Waals surface area contributed by atoms with E-state index in [2.05, 4.69) is 15.3 Å². The van der Waals surface area contributed by atoms with Crippen LogP contribution < -0.4 is 10.2 Å². The molecular weight excluding hydrogens is 511 g/mol. The molecule has 0 aliphatic heterocycles. The van der Waals surface area contributed by atoms with Gasteiger partial charge in [0, 0.05) is 55.4 Å². The van der Waals surface area contributed by atoms with Crippen molar-refractivity contribution in [2.75, 3.05) is 19.0 Å². The minimum Gasteiger partial charge on any atom is -0.455 e. The van der Waals surface area contributed by atoms with Gasteiger partial charge in [0.15, 0.2) is 0 Å². The van der Waals surface area contributed by atoms with Crippen molar-refractivity contribution in [1.29, 1.82) is 0 Å². The molecule has 3 aromatic carbocycles. The number of hydrogen-bond acceptors (Lipinski definition) is 6. The van der Waals surface area contributed by atoms with Crippen LogP contribution in [0.1, 0.15) is 17.3 Å². The van der Waals surface area contributed by atoms with E-state index in [1.54, 1.807) is 37.5 Å². The van der Waals surface area contributed by atoms with Gasteiger partial charge in [0.25, 0.3) is 5.91 Å². The minimum atomic E-state index is -0.399. The first kappa shape index (κ1) is 25.0. The highest BCUT2D eigenvalue weighted by molar-refractivity contribution is 6.13. The molecule has 0 aliphatic rings. The number of nitrogens with zero attached hydrogens (tertiary/aromatic N) is 3. The Balaban J connectivity index is 1.58. The maximum atomic E-state index is 13.6. The second kappa shape index (κ2) is 9.77. The van der Waals surface area contributed by atoms with Crippen LogP contribution in [-0.4, -0.2) is 35.9 Å². The number of nitrogens with one attached hydrogen (secondary N) is 1. The van der Waals surface area contributed by atoms with Crippen LogP contribution in [0.2, 0.25) is 0 Å². The molecule has 6 aromatic rings. The molecule has 3 heterocycles. The normalized spacial score (nSPS) is 11.2. The Labute approximate surface area is 228 Å². The number of oxazole rings is 1. The molecule has 2 amide bonds. The summed E-state index contributed by atoms with van der Waals surface area (Å²) in [4.78, 5) is 35.9. The van der Waals surface area contributed by atoms with Gasteiger partial charge in [-0.15, -0.1) is 0 Å². The summed E-state index contributed by atoms with van der Waals surface area (Å²) in [5.41, 5.74) is 5.10. The molecule has 0 spiro atoms. The second-order valence-electron chi connectivity index (χ2n) is 9.26. The van der Waals surface area contributed by atoms with E-state index in [4.69, 9.17) is 8.83 Å². The predicted molar refractivity (Wildman–Crippen MR) is 150 cm³/mol. The number of amides is 2. The fraction of sp³-hybridized carbons (Fsp3) is 0.0968. The average molecular weight is 535 g/mol. The van der Waals surface area contributed by atoms with Crippen LogP contribution in [0.3, 0.4) is 0 Å². The number of aromatic nitrogens is 2. The fourth-order valence-electron chi connectivity index (χ4n) is 4.68. The number of benzene rings is 3. The number of hydrogen-bond donors (Lipinski definition) is 1. The number of anilines is 1. The Morgan fingerprint density at radius 1 is 0.925 bits per heavy atom. The van der Waals surface area contributed by atoms with Gasteiger partial charge in [0.05, 0.1) is 11.3 Å². The zero-order valence-corrected chi connectivity index (χ0v) is 21.9. The molecule has 40 heavy (non-hydrogen) atoms. The molecule has 198 valence electrons. The van der Waals surface area contributed by atoms with E-state index in [1.807, 2.05) is 36.4 Å². The van der Waals surface area contributed by atoms with E-state index in [1.165, 1.54) is 31.0 Å². The molecule has 9 heteroatoms. The zero-order valence-electron chi connectivity index (χ0n) is 21.9. The first-order valence-corrected chi connectivity index (χ1v) is 12.5. The van der Waals surface area contributed by atoms with E-state index in [9.17, 15) is 14.0 Å². The van der Waals surface area contributed by atoms with Gasteiger partial charge in [-0.3, -0.25) is 9.59 Å². The summed E-state index contributed by atoms with van der Waals surface area (Å²) in [5, 5.41) is 3.22. The lowest BCUT2D eigenvalue weighted by atomic mass is 9.97. The number of pyridine rings is 1. The van der Waals surface area contributed by atoms with Crippen molar-refractivity contribution in [2.45, 2.75) is 6.92 Å². The van der Waals surface area contributed by atoms with E-state index in [0.29, 0.717) is 56.2 Å². The lowest BCUT2D eigenvalue weighted by Gasteiger charge is -2.20. The van der Waals surface area contributed by atoms with Gasteiger partial charge < -0.3 is 19.1 Å². The Morgan fingerprint density at radius 2 is 1.70 bits per heavy atom. The lowest BCUT2D eigenvalue weighted by molar-refractivity contribution is -0.116. The van der Waals surface area contributed by atoms with Gasteiger partial charge in [-0.2, -0.15) is 0 Å². The maximum absolute atomic E-state index is 13.6. The maximum Gasteiger partial charge on any atom is 0.255 e. The average Bonchev–Trinajstić information content (AvgIpc) is 3.58. The number of rotatable bonds is 5. The Kier molecular flexibility index (Phi) is 6.11. The third-order valence-electron chi connectivity index (χ3n) is 6.79. The molecule has 0 bridgehead atoms. The highest BCUT2D eigenvalue weighted by atomic mass is 19.1. The van der Waals surface area contributed by atoms with Crippen LogP contribution >= 0.6 is 0 Å². The van der Waals surface area contributed by atoms with E-state index < -0.39 is 5.82 Å². The number of fused-ring (bicyclic) bond motifs is 2. The molecule has 0 saturated carbocycles. The predicted octanol–water partition coefficient (Wildman–Crippen LogP) is 6.45. The fourth-order valence-corrected chi connectivity index (χ4v) is 4.68. The monoisotopic (exact) mass is 534 g/mol. The van der Waals surface area contributed by atoms with Gasteiger partial charge in [-0.05, 0) is 60.2 Å². The third-order valence-corrected chi connectivity index (χ3v) is 6.79. The van der Waals surface area contributed by atoms with Crippen molar-refractivity contribution in [3.8, 4) is 33.9 Å². The van der Waals surface area contributed by atoms with Crippen molar-refractivity contribution in [3.05, 3.63) is 90.4 Å². The van der Waals surface area contributed by atoms with Gasteiger partial charge in [-0.25, -0.2) is 14.4 Å². The van der Waals surface area contributed by atoms with E-state index >= 15 is 0 Å². The number of carbonyl (C=O) groups is 2.